The van der Waals surface area contributed by atoms with Crippen LogP contribution in [0.2, 0.25) is 25.7 Å². The van der Waals surface area contributed by atoms with Crippen LogP contribution in [0.5, 0.6) is 0 Å². The molecule has 0 radical (unpaired) electrons. The number of hydrogen-bond donors (Lipinski definition) is 1. The van der Waals surface area contributed by atoms with E-state index in [9.17, 15) is 9.90 Å². The topological polar surface area (TPSA) is 46.5 Å². The van der Waals surface area contributed by atoms with Crippen LogP contribution in [0.15, 0.2) is 11.6 Å². The molecule has 4 rings (SSSR count). The minimum absolute atomic E-state index is 0.0886. The van der Waals surface area contributed by atoms with Gasteiger partial charge in [-0.15, -0.1) is 0 Å². The molecule has 0 spiro atoms. The van der Waals surface area contributed by atoms with Crippen molar-refractivity contribution < 1.29 is 14.6 Å². The minimum atomic E-state index is -1.17. The maximum atomic E-state index is 13.0. The summed E-state index contributed by atoms with van der Waals surface area (Å²) in [6.45, 7) is 12.5. The van der Waals surface area contributed by atoms with Crippen molar-refractivity contribution in [3.05, 3.63) is 11.6 Å². The molecule has 4 aliphatic carbocycles. The van der Waals surface area contributed by atoms with Gasteiger partial charge in [-0.3, -0.25) is 4.79 Å². The van der Waals surface area contributed by atoms with Gasteiger partial charge in [-0.1, -0.05) is 45.1 Å². The standard InChI is InChI=1S/C25H42O3Si/c1-24-12-10-18(26)16-17(24)6-7-19-20-8-9-22(25(20,2)13-11-21(19)24)23(27)28-14-15-29(3,4)5/h6,18-22,26H,7-16H2,1-5H3/t18-,19-,20-,21-,22+,24-,25-/m0/s1. The molecule has 0 aromatic carbocycles. The molecule has 0 amide bonds. The van der Waals surface area contributed by atoms with Crippen LogP contribution in [0.3, 0.4) is 0 Å². The Morgan fingerprint density at radius 1 is 1.14 bits per heavy atom. The van der Waals surface area contributed by atoms with E-state index in [1.165, 1.54) is 18.4 Å². The zero-order valence-corrected chi connectivity index (χ0v) is 20.3. The van der Waals surface area contributed by atoms with Crippen molar-refractivity contribution in [2.45, 2.75) is 97.0 Å². The number of carbonyl (C=O) groups excluding carboxylic acids is 1. The fourth-order valence-corrected chi connectivity index (χ4v) is 8.30. The number of hydrogen-bond acceptors (Lipinski definition) is 3. The predicted molar refractivity (Wildman–Crippen MR) is 120 cm³/mol. The fourth-order valence-electron chi connectivity index (χ4n) is 7.59. The number of rotatable bonds is 4. The zero-order valence-electron chi connectivity index (χ0n) is 19.3. The molecule has 0 aliphatic heterocycles. The minimum Gasteiger partial charge on any atom is -0.466 e. The number of carbonyl (C=O) groups is 1. The lowest BCUT2D eigenvalue weighted by Gasteiger charge is -2.57. The SMILES string of the molecule is C[C@]12CC[C@H]3[C@@H](CC=C4C[C@@H](O)CC[C@@]43C)[C@@H]1CC[C@@H]2C(=O)OCC[Si](C)(C)C. The van der Waals surface area contributed by atoms with Crippen molar-refractivity contribution in [1.82, 2.24) is 0 Å². The van der Waals surface area contributed by atoms with E-state index in [0.29, 0.717) is 18.4 Å². The Kier molecular flexibility index (Phi) is 5.60. The third-order valence-electron chi connectivity index (χ3n) is 9.46. The Balaban J connectivity index is 1.48. The van der Waals surface area contributed by atoms with E-state index in [1.807, 2.05) is 0 Å². The smallest absolute Gasteiger partial charge is 0.309 e. The maximum absolute atomic E-state index is 13.0. The summed E-state index contributed by atoms with van der Waals surface area (Å²) < 4.78 is 5.83. The van der Waals surface area contributed by atoms with E-state index in [2.05, 4.69) is 39.6 Å². The quantitative estimate of drug-likeness (QED) is 0.356. The Morgan fingerprint density at radius 3 is 2.62 bits per heavy atom. The molecule has 0 saturated heterocycles. The Hall–Kier alpha value is -0.613. The molecule has 0 bridgehead atoms. The number of esters is 1. The van der Waals surface area contributed by atoms with Gasteiger partial charge in [-0.05, 0) is 86.0 Å². The van der Waals surface area contributed by atoms with E-state index >= 15 is 0 Å². The van der Waals surface area contributed by atoms with Crippen molar-refractivity contribution in [2.24, 2.45) is 34.5 Å². The van der Waals surface area contributed by atoms with E-state index in [4.69, 9.17) is 4.74 Å². The number of fused-ring (bicyclic) bond motifs is 5. The molecular weight excluding hydrogens is 376 g/mol. The summed E-state index contributed by atoms with van der Waals surface area (Å²) in [5, 5.41) is 10.2. The fraction of sp³-hybridized carbons (Fsp3) is 0.880. The van der Waals surface area contributed by atoms with Gasteiger partial charge in [0, 0.05) is 8.07 Å². The summed E-state index contributed by atoms with van der Waals surface area (Å²) in [5.41, 5.74) is 1.92. The molecule has 0 heterocycles. The average Bonchev–Trinajstić information content (AvgIpc) is 2.98. The highest BCUT2D eigenvalue weighted by Crippen LogP contribution is 2.66. The molecule has 4 aliphatic rings. The first-order valence-corrected chi connectivity index (χ1v) is 15.8. The van der Waals surface area contributed by atoms with Crippen molar-refractivity contribution in [3.63, 3.8) is 0 Å². The molecule has 1 N–H and O–H groups in total. The van der Waals surface area contributed by atoms with E-state index in [0.717, 1.165) is 50.5 Å². The molecule has 3 fully saturated rings. The van der Waals surface area contributed by atoms with Crippen LogP contribution in [0.4, 0.5) is 0 Å². The van der Waals surface area contributed by atoms with Crippen molar-refractivity contribution in [3.8, 4) is 0 Å². The first kappa shape index (κ1) is 21.6. The second-order valence-corrected chi connectivity index (χ2v) is 17.9. The number of allylic oxidation sites excluding steroid dienone is 1. The van der Waals surface area contributed by atoms with Gasteiger partial charge in [0.1, 0.15) is 0 Å². The van der Waals surface area contributed by atoms with Gasteiger partial charge in [-0.2, -0.15) is 0 Å². The largest absolute Gasteiger partial charge is 0.466 e. The average molecular weight is 419 g/mol. The van der Waals surface area contributed by atoms with Gasteiger partial charge in [-0.25, -0.2) is 0 Å². The zero-order chi connectivity index (χ0) is 21.0. The van der Waals surface area contributed by atoms with Crippen LogP contribution >= 0.6 is 0 Å². The lowest BCUT2D eigenvalue weighted by molar-refractivity contribution is -0.155. The highest BCUT2D eigenvalue weighted by molar-refractivity contribution is 6.76. The third kappa shape index (κ3) is 3.77. The summed E-state index contributed by atoms with van der Waals surface area (Å²) in [6, 6.07) is 1.06. The Labute approximate surface area is 178 Å². The van der Waals surface area contributed by atoms with Gasteiger partial charge < -0.3 is 9.84 Å². The van der Waals surface area contributed by atoms with Gasteiger partial charge in [0.25, 0.3) is 0 Å². The van der Waals surface area contributed by atoms with Crippen LogP contribution in [0, 0.1) is 34.5 Å². The monoisotopic (exact) mass is 418 g/mol. The van der Waals surface area contributed by atoms with Crippen LogP contribution in [-0.2, 0) is 9.53 Å². The maximum Gasteiger partial charge on any atom is 0.309 e. The Morgan fingerprint density at radius 2 is 1.90 bits per heavy atom. The molecule has 7 atom stereocenters. The molecule has 0 aromatic heterocycles. The number of aliphatic hydroxyl groups excluding tert-OH is 1. The highest BCUT2D eigenvalue weighted by atomic mass is 28.3. The number of aliphatic hydroxyl groups is 1. The summed E-state index contributed by atoms with van der Waals surface area (Å²) in [7, 11) is -1.17. The van der Waals surface area contributed by atoms with Crippen molar-refractivity contribution in [1.29, 1.82) is 0 Å². The van der Waals surface area contributed by atoms with Gasteiger partial charge >= 0.3 is 5.97 Å². The van der Waals surface area contributed by atoms with Crippen molar-refractivity contribution in [2.75, 3.05) is 6.61 Å². The summed E-state index contributed by atoms with van der Waals surface area (Å²) >= 11 is 0. The molecule has 0 aromatic rings. The van der Waals surface area contributed by atoms with Gasteiger partial charge in [0.05, 0.1) is 18.6 Å². The van der Waals surface area contributed by atoms with Gasteiger partial charge in [0.15, 0.2) is 0 Å². The van der Waals surface area contributed by atoms with Gasteiger partial charge in [0.2, 0.25) is 0 Å². The van der Waals surface area contributed by atoms with Crippen LogP contribution < -0.4 is 0 Å². The first-order chi connectivity index (χ1) is 13.5. The molecule has 0 unspecified atom stereocenters. The van der Waals surface area contributed by atoms with E-state index in [1.54, 1.807) is 0 Å². The second-order valence-electron chi connectivity index (χ2n) is 12.3. The van der Waals surface area contributed by atoms with Crippen LogP contribution in [0.1, 0.15) is 65.2 Å². The predicted octanol–water partition coefficient (Wildman–Crippen LogP) is 5.81. The normalized spacial score (nSPS) is 44.3. The van der Waals surface area contributed by atoms with Crippen molar-refractivity contribution >= 4 is 14.0 Å². The summed E-state index contributed by atoms with van der Waals surface area (Å²) in [5.74, 6) is 2.27. The third-order valence-corrected chi connectivity index (χ3v) is 11.2. The lowest BCUT2D eigenvalue weighted by atomic mass is 9.47. The molecule has 3 saturated carbocycles. The molecule has 3 nitrogen and oxygen atoms in total. The van der Waals surface area contributed by atoms with Crippen LogP contribution in [-0.4, -0.2) is 31.9 Å². The molecule has 29 heavy (non-hydrogen) atoms. The molecule has 164 valence electrons. The lowest BCUT2D eigenvalue weighted by Crippen LogP contribution is -2.51. The number of ether oxygens (including phenoxy) is 1. The highest BCUT2D eigenvalue weighted by Gasteiger charge is 2.60. The second kappa shape index (κ2) is 7.51. The first-order valence-electron chi connectivity index (χ1n) is 12.1. The van der Waals surface area contributed by atoms with E-state index in [-0.39, 0.29) is 28.8 Å². The Bertz CT molecular complexity index is 680. The molecule has 4 heteroatoms. The summed E-state index contributed by atoms with van der Waals surface area (Å²) in [4.78, 5) is 13.0. The summed E-state index contributed by atoms with van der Waals surface area (Å²) in [6.07, 6.45) is 11.1. The van der Waals surface area contributed by atoms with E-state index < -0.39 is 8.07 Å². The van der Waals surface area contributed by atoms with Crippen LogP contribution in [0.25, 0.3) is 0 Å². The molecular formula is C25H42O3Si.